The highest BCUT2D eigenvalue weighted by molar-refractivity contribution is 7.19. The minimum Gasteiger partial charge on any atom is -0.497 e. The van der Waals surface area contributed by atoms with Gasteiger partial charge < -0.3 is 14.8 Å². The van der Waals surface area contributed by atoms with E-state index in [1.165, 1.54) is 15.0 Å². The minimum absolute atomic E-state index is 0.340. The lowest BCUT2D eigenvalue weighted by Crippen LogP contribution is -2.33. The molecule has 0 spiro atoms. The molecule has 0 saturated carbocycles. The molecule has 1 atom stereocenters. The van der Waals surface area contributed by atoms with Crippen LogP contribution in [0.1, 0.15) is 10.9 Å². The van der Waals surface area contributed by atoms with Crippen LogP contribution in [0.25, 0.3) is 10.1 Å². The van der Waals surface area contributed by atoms with Crippen LogP contribution in [0.4, 0.5) is 0 Å². The molecule has 3 nitrogen and oxygen atoms in total. The Morgan fingerprint density at radius 1 is 1.41 bits per heavy atom. The molecule has 3 rings (SSSR count). The highest BCUT2D eigenvalue weighted by atomic mass is 32.1. The van der Waals surface area contributed by atoms with E-state index in [0.29, 0.717) is 6.04 Å². The van der Waals surface area contributed by atoms with Gasteiger partial charge in [0.2, 0.25) is 0 Å². The maximum atomic E-state index is 5.50. The molecule has 0 radical (unpaired) electrons. The summed E-state index contributed by atoms with van der Waals surface area (Å²) in [5.41, 5.74) is 0. The van der Waals surface area contributed by atoms with Crippen molar-refractivity contribution < 1.29 is 9.47 Å². The molecule has 1 aliphatic rings. The third-order valence-corrected chi connectivity index (χ3v) is 4.24. The zero-order chi connectivity index (χ0) is 11.7. The predicted octanol–water partition coefficient (Wildman–Crippen LogP) is 2.57. The minimum atomic E-state index is 0.340. The Hall–Kier alpha value is -1.10. The molecule has 2 aromatic rings. The van der Waals surface area contributed by atoms with E-state index in [4.69, 9.17) is 9.47 Å². The number of hydrogen-bond donors (Lipinski definition) is 1. The summed E-state index contributed by atoms with van der Waals surface area (Å²) in [6.07, 6.45) is 0. The number of benzene rings is 1. The van der Waals surface area contributed by atoms with Gasteiger partial charge in [-0.05, 0) is 29.7 Å². The first-order valence-corrected chi connectivity index (χ1v) is 6.57. The van der Waals surface area contributed by atoms with Gasteiger partial charge in [0, 0.05) is 16.1 Å². The van der Waals surface area contributed by atoms with E-state index in [1.807, 2.05) is 17.4 Å². The van der Waals surface area contributed by atoms with Gasteiger partial charge in [-0.25, -0.2) is 0 Å². The standard InChI is InChI=1S/C13H15NO2S/c1-15-10-2-3-12-9(6-10)7-13(17-12)11-8-16-5-4-14-11/h2-3,6-7,11,14H,4-5,8H2,1H3. The summed E-state index contributed by atoms with van der Waals surface area (Å²) in [4.78, 5) is 1.34. The number of fused-ring (bicyclic) bond motifs is 1. The van der Waals surface area contributed by atoms with Crippen LogP contribution >= 0.6 is 11.3 Å². The van der Waals surface area contributed by atoms with Gasteiger partial charge in [0.15, 0.2) is 0 Å². The molecule has 1 unspecified atom stereocenters. The molecule has 2 heterocycles. The van der Waals surface area contributed by atoms with Crippen LogP contribution in [0.3, 0.4) is 0 Å². The Bertz CT molecular complexity index is 517. The molecule has 17 heavy (non-hydrogen) atoms. The summed E-state index contributed by atoms with van der Waals surface area (Å²) in [5, 5.41) is 4.73. The van der Waals surface area contributed by atoms with Crippen LogP contribution in [-0.4, -0.2) is 26.9 Å². The molecule has 0 amide bonds. The van der Waals surface area contributed by atoms with E-state index < -0.39 is 0 Å². The third kappa shape index (κ3) is 2.16. The van der Waals surface area contributed by atoms with Gasteiger partial charge in [-0.1, -0.05) is 0 Å². The second-order valence-corrected chi connectivity index (χ2v) is 5.25. The van der Waals surface area contributed by atoms with Crippen molar-refractivity contribution in [1.29, 1.82) is 0 Å². The van der Waals surface area contributed by atoms with Gasteiger partial charge in [0.1, 0.15) is 5.75 Å². The highest BCUT2D eigenvalue weighted by Crippen LogP contribution is 2.32. The van der Waals surface area contributed by atoms with E-state index in [0.717, 1.165) is 25.5 Å². The Morgan fingerprint density at radius 2 is 2.35 bits per heavy atom. The second kappa shape index (κ2) is 4.64. The zero-order valence-corrected chi connectivity index (χ0v) is 10.5. The Balaban J connectivity index is 1.95. The third-order valence-electron chi connectivity index (χ3n) is 3.01. The maximum Gasteiger partial charge on any atom is 0.119 e. The Kier molecular flexibility index (Phi) is 3.01. The van der Waals surface area contributed by atoms with E-state index in [-0.39, 0.29) is 0 Å². The number of ether oxygens (including phenoxy) is 2. The smallest absolute Gasteiger partial charge is 0.119 e. The summed E-state index contributed by atoms with van der Waals surface area (Å²) >= 11 is 1.82. The summed E-state index contributed by atoms with van der Waals surface area (Å²) < 4.78 is 12.0. The van der Waals surface area contributed by atoms with Crippen molar-refractivity contribution in [3.05, 3.63) is 29.1 Å². The lowest BCUT2D eigenvalue weighted by atomic mass is 10.2. The number of hydrogen-bond acceptors (Lipinski definition) is 4. The number of nitrogens with one attached hydrogen (secondary N) is 1. The second-order valence-electron chi connectivity index (χ2n) is 4.13. The van der Waals surface area contributed by atoms with Crippen LogP contribution in [0, 0.1) is 0 Å². The average Bonchev–Trinajstić information content (AvgIpc) is 2.82. The van der Waals surface area contributed by atoms with Gasteiger partial charge in [-0.3, -0.25) is 0 Å². The normalized spacial score (nSPS) is 20.6. The number of thiophene rings is 1. The highest BCUT2D eigenvalue weighted by Gasteiger charge is 2.17. The van der Waals surface area contributed by atoms with Gasteiger partial charge >= 0.3 is 0 Å². The van der Waals surface area contributed by atoms with Crippen LogP contribution < -0.4 is 10.1 Å². The van der Waals surface area contributed by atoms with E-state index in [1.54, 1.807) is 7.11 Å². The SMILES string of the molecule is COc1ccc2sc(C3COCCN3)cc2c1. The molecule has 4 heteroatoms. The van der Waals surface area contributed by atoms with Crippen LogP contribution in [0.5, 0.6) is 5.75 Å². The quantitative estimate of drug-likeness (QED) is 0.887. The van der Waals surface area contributed by atoms with Crippen molar-refractivity contribution in [2.24, 2.45) is 0 Å². The van der Waals surface area contributed by atoms with Gasteiger partial charge in [0.25, 0.3) is 0 Å². The summed E-state index contributed by atoms with van der Waals surface area (Å²) in [6.45, 7) is 2.52. The Morgan fingerprint density at radius 3 is 3.12 bits per heavy atom. The molecule has 90 valence electrons. The summed E-state index contributed by atoms with van der Waals surface area (Å²) in [7, 11) is 1.70. The molecule has 1 aliphatic heterocycles. The summed E-state index contributed by atoms with van der Waals surface area (Å²) in [6, 6.07) is 8.78. The monoisotopic (exact) mass is 249 g/mol. The lowest BCUT2D eigenvalue weighted by molar-refractivity contribution is 0.0779. The predicted molar refractivity (Wildman–Crippen MR) is 69.9 cm³/mol. The molecular formula is C13H15NO2S. The fraction of sp³-hybridized carbons (Fsp3) is 0.385. The van der Waals surface area contributed by atoms with Gasteiger partial charge in [-0.15, -0.1) is 11.3 Å². The maximum absolute atomic E-state index is 5.50. The molecule has 1 N–H and O–H groups in total. The number of morpholine rings is 1. The molecule has 1 aromatic carbocycles. The van der Waals surface area contributed by atoms with Crippen molar-refractivity contribution in [1.82, 2.24) is 5.32 Å². The van der Waals surface area contributed by atoms with E-state index in [2.05, 4.69) is 23.5 Å². The fourth-order valence-corrected chi connectivity index (χ4v) is 3.19. The first kappa shape index (κ1) is 11.0. The van der Waals surface area contributed by atoms with E-state index >= 15 is 0 Å². The molecule has 1 aromatic heterocycles. The van der Waals surface area contributed by atoms with Crippen LogP contribution in [-0.2, 0) is 4.74 Å². The fourth-order valence-electron chi connectivity index (χ4n) is 2.09. The topological polar surface area (TPSA) is 30.5 Å². The van der Waals surface area contributed by atoms with Crippen molar-refractivity contribution >= 4 is 21.4 Å². The van der Waals surface area contributed by atoms with Crippen molar-refractivity contribution in [3.8, 4) is 5.75 Å². The zero-order valence-electron chi connectivity index (χ0n) is 9.73. The van der Waals surface area contributed by atoms with E-state index in [9.17, 15) is 0 Å². The Labute approximate surface area is 104 Å². The van der Waals surface area contributed by atoms with Crippen LogP contribution in [0.15, 0.2) is 24.3 Å². The first-order valence-electron chi connectivity index (χ1n) is 5.75. The number of rotatable bonds is 2. The molecular weight excluding hydrogens is 234 g/mol. The number of methoxy groups -OCH3 is 1. The summed E-state index contributed by atoms with van der Waals surface area (Å²) in [5.74, 6) is 0.912. The largest absolute Gasteiger partial charge is 0.497 e. The van der Waals surface area contributed by atoms with Crippen molar-refractivity contribution in [2.75, 3.05) is 26.9 Å². The van der Waals surface area contributed by atoms with Crippen molar-refractivity contribution in [2.45, 2.75) is 6.04 Å². The van der Waals surface area contributed by atoms with Gasteiger partial charge in [-0.2, -0.15) is 0 Å². The molecule has 0 bridgehead atoms. The van der Waals surface area contributed by atoms with Gasteiger partial charge in [0.05, 0.1) is 26.4 Å². The molecule has 1 fully saturated rings. The van der Waals surface area contributed by atoms with Crippen molar-refractivity contribution in [3.63, 3.8) is 0 Å². The van der Waals surface area contributed by atoms with Crippen LogP contribution in [0.2, 0.25) is 0 Å². The lowest BCUT2D eigenvalue weighted by Gasteiger charge is -2.22. The first-order chi connectivity index (χ1) is 8.36. The molecule has 0 aliphatic carbocycles. The molecule has 1 saturated heterocycles. The average molecular weight is 249 g/mol.